The zero-order valence-corrected chi connectivity index (χ0v) is 10.1. The Balaban J connectivity index is 2.94. The van der Waals surface area contributed by atoms with Crippen molar-refractivity contribution in [2.45, 2.75) is 32.4 Å². The first kappa shape index (κ1) is 13.4. The number of hydrogen-bond acceptors (Lipinski definition) is 3. The predicted molar refractivity (Wildman–Crippen MR) is 64.0 cm³/mol. The molecule has 4 nitrogen and oxygen atoms in total. The molecule has 0 aliphatic carbocycles. The first-order chi connectivity index (χ1) is 7.74. The summed E-state index contributed by atoms with van der Waals surface area (Å²) in [6.45, 7) is 4.91. The van der Waals surface area contributed by atoms with Gasteiger partial charge in [0.1, 0.15) is 5.82 Å². The highest BCUT2D eigenvalue weighted by Gasteiger charge is 2.27. The molecular formula is C12H17FN2O2. The standard InChI is InChI=1S/C12H17FN2O2/c1-7(16)12(2,3)15-11(17)9-6-8(13)4-5-10(9)14/h4-7,16H,14H2,1-3H3,(H,15,17). The van der Waals surface area contributed by atoms with E-state index in [4.69, 9.17) is 5.73 Å². The third kappa shape index (κ3) is 3.17. The Bertz CT molecular complexity index is 431. The average Bonchev–Trinajstić information content (AvgIpc) is 2.20. The van der Waals surface area contributed by atoms with Crippen molar-refractivity contribution in [3.8, 4) is 0 Å². The van der Waals surface area contributed by atoms with Crippen molar-refractivity contribution in [2.75, 3.05) is 5.73 Å². The largest absolute Gasteiger partial charge is 0.398 e. The van der Waals surface area contributed by atoms with Crippen LogP contribution in [0.15, 0.2) is 18.2 Å². The number of aliphatic hydroxyl groups is 1. The molecule has 1 aromatic rings. The molecule has 5 heteroatoms. The number of nitrogens with two attached hydrogens (primary N) is 1. The molecule has 1 atom stereocenters. The molecule has 1 unspecified atom stereocenters. The topological polar surface area (TPSA) is 75.3 Å². The lowest BCUT2D eigenvalue weighted by molar-refractivity contribution is 0.0710. The summed E-state index contributed by atoms with van der Waals surface area (Å²) in [7, 11) is 0. The Hall–Kier alpha value is -1.62. The zero-order chi connectivity index (χ0) is 13.2. The molecule has 0 bridgehead atoms. The lowest BCUT2D eigenvalue weighted by Gasteiger charge is -2.29. The molecule has 0 fully saturated rings. The van der Waals surface area contributed by atoms with E-state index in [1.807, 2.05) is 0 Å². The SMILES string of the molecule is CC(O)C(C)(C)NC(=O)c1cc(F)ccc1N. The van der Waals surface area contributed by atoms with Crippen molar-refractivity contribution >= 4 is 11.6 Å². The van der Waals surface area contributed by atoms with Gasteiger partial charge in [-0.05, 0) is 39.0 Å². The minimum Gasteiger partial charge on any atom is -0.398 e. The molecule has 1 rings (SSSR count). The van der Waals surface area contributed by atoms with Crippen LogP contribution in [-0.2, 0) is 0 Å². The number of halogens is 1. The number of benzene rings is 1. The molecule has 17 heavy (non-hydrogen) atoms. The number of amides is 1. The monoisotopic (exact) mass is 240 g/mol. The van der Waals surface area contributed by atoms with Crippen LogP contribution in [0.2, 0.25) is 0 Å². The third-order valence-electron chi connectivity index (χ3n) is 2.74. The van der Waals surface area contributed by atoms with Gasteiger partial charge in [0.05, 0.1) is 17.2 Å². The van der Waals surface area contributed by atoms with E-state index in [-0.39, 0.29) is 11.3 Å². The Kier molecular flexibility index (Phi) is 3.72. The summed E-state index contributed by atoms with van der Waals surface area (Å²) in [4.78, 5) is 11.9. The maximum Gasteiger partial charge on any atom is 0.253 e. The Morgan fingerprint density at radius 1 is 1.53 bits per heavy atom. The quantitative estimate of drug-likeness (QED) is 0.697. The van der Waals surface area contributed by atoms with E-state index in [1.54, 1.807) is 20.8 Å². The molecule has 1 amide bonds. The molecule has 0 heterocycles. The lowest BCUT2D eigenvalue weighted by Crippen LogP contribution is -2.51. The van der Waals surface area contributed by atoms with Gasteiger partial charge in [-0.3, -0.25) is 4.79 Å². The van der Waals surface area contributed by atoms with Crippen LogP contribution in [0.4, 0.5) is 10.1 Å². The van der Waals surface area contributed by atoms with E-state index in [9.17, 15) is 14.3 Å². The highest BCUT2D eigenvalue weighted by atomic mass is 19.1. The molecule has 94 valence electrons. The van der Waals surface area contributed by atoms with Gasteiger partial charge in [-0.15, -0.1) is 0 Å². The predicted octanol–water partition coefficient (Wildman–Crippen LogP) is 1.30. The third-order valence-corrected chi connectivity index (χ3v) is 2.74. The van der Waals surface area contributed by atoms with Crippen molar-refractivity contribution in [3.05, 3.63) is 29.6 Å². The van der Waals surface area contributed by atoms with E-state index in [2.05, 4.69) is 5.32 Å². The molecule has 0 aliphatic rings. The second kappa shape index (κ2) is 4.71. The summed E-state index contributed by atoms with van der Waals surface area (Å²) in [6, 6.07) is 3.59. The van der Waals surface area contributed by atoms with Gasteiger partial charge >= 0.3 is 0 Å². The number of nitrogen functional groups attached to an aromatic ring is 1. The molecule has 1 aromatic carbocycles. The number of carbonyl (C=O) groups is 1. The Morgan fingerprint density at radius 2 is 2.12 bits per heavy atom. The van der Waals surface area contributed by atoms with Crippen molar-refractivity contribution in [3.63, 3.8) is 0 Å². The summed E-state index contributed by atoms with van der Waals surface area (Å²) in [5.74, 6) is -1.04. The maximum absolute atomic E-state index is 13.0. The van der Waals surface area contributed by atoms with Crippen LogP contribution in [0.25, 0.3) is 0 Å². The van der Waals surface area contributed by atoms with E-state index < -0.39 is 23.4 Å². The Morgan fingerprint density at radius 3 is 2.65 bits per heavy atom. The number of aliphatic hydroxyl groups excluding tert-OH is 1. The fourth-order valence-corrected chi connectivity index (χ4v) is 1.19. The number of carbonyl (C=O) groups excluding carboxylic acids is 1. The van der Waals surface area contributed by atoms with E-state index in [0.717, 1.165) is 6.07 Å². The normalized spacial score (nSPS) is 13.2. The average molecular weight is 240 g/mol. The maximum atomic E-state index is 13.0. The lowest BCUT2D eigenvalue weighted by atomic mass is 9.98. The van der Waals surface area contributed by atoms with Crippen molar-refractivity contribution in [2.24, 2.45) is 0 Å². The first-order valence-corrected chi connectivity index (χ1v) is 5.29. The van der Waals surface area contributed by atoms with Gasteiger partial charge in [-0.2, -0.15) is 0 Å². The number of rotatable bonds is 3. The van der Waals surface area contributed by atoms with Gasteiger partial charge in [0.2, 0.25) is 0 Å². The van der Waals surface area contributed by atoms with Gasteiger partial charge in [0, 0.05) is 5.69 Å². The van der Waals surface area contributed by atoms with Crippen LogP contribution in [-0.4, -0.2) is 22.7 Å². The fourth-order valence-electron chi connectivity index (χ4n) is 1.19. The van der Waals surface area contributed by atoms with Gasteiger partial charge in [0.25, 0.3) is 5.91 Å². The van der Waals surface area contributed by atoms with E-state index in [1.165, 1.54) is 12.1 Å². The molecule has 0 spiro atoms. The van der Waals surface area contributed by atoms with Crippen LogP contribution < -0.4 is 11.1 Å². The summed E-state index contributed by atoms with van der Waals surface area (Å²) in [5, 5.41) is 12.1. The highest BCUT2D eigenvalue weighted by molar-refractivity contribution is 5.99. The van der Waals surface area contributed by atoms with Crippen LogP contribution in [0.3, 0.4) is 0 Å². The van der Waals surface area contributed by atoms with Gasteiger partial charge in [-0.25, -0.2) is 4.39 Å². The molecule has 0 saturated carbocycles. The second-order valence-electron chi connectivity index (χ2n) is 4.58. The van der Waals surface area contributed by atoms with E-state index in [0.29, 0.717) is 0 Å². The van der Waals surface area contributed by atoms with E-state index >= 15 is 0 Å². The Labute approximate surface area is 99.6 Å². The van der Waals surface area contributed by atoms with Crippen molar-refractivity contribution in [1.82, 2.24) is 5.32 Å². The minimum atomic E-state index is -0.810. The van der Waals surface area contributed by atoms with Crippen LogP contribution in [0.1, 0.15) is 31.1 Å². The highest BCUT2D eigenvalue weighted by Crippen LogP contribution is 2.16. The zero-order valence-electron chi connectivity index (χ0n) is 10.1. The summed E-state index contributed by atoms with van der Waals surface area (Å²) in [5.41, 5.74) is 5.05. The van der Waals surface area contributed by atoms with Crippen LogP contribution in [0.5, 0.6) is 0 Å². The van der Waals surface area contributed by atoms with Crippen molar-refractivity contribution < 1.29 is 14.3 Å². The molecule has 0 radical (unpaired) electrons. The molecule has 0 aliphatic heterocycles. The molecular weight excluding hydrogens is 223 g/mol. The summed E-state index contributed by atoms with van der Waals surface area (Å²) >= 11 is 0. The van der Waals surface area contributed by atoms with Gasteiger partial charge in [-0.1, -0.05) is 0 Å². The molecule has 4 N–H and O–H groups in total. The van der Waals surface area contributed by atoms with Crippen LogP contribution >= 0.6 is 0 Å². The number of nitrogens with one attached hydrogen (secondary N) is 1. The van der Waals surface area contributed by atoms with Crippen molar-refractivity contribution in [1.29, 1.82) is 0 Å². The van der Waals surface area contributed by atoms with Gasteiger partial charge in [0.15, 0.2) is 0 Å². The molecule has 0 aromatic heterocycles. The second-order valence-corrected chi connectivity index (χ2v) is 4.58. The summed E-state index contributed by atoms with van der Waals surface area (Å²) < 4.78 is 13.0. The smallest absolute Gasteiger partial charge is 0.253 e. The minimum absolute atomic E-state index is 0.0683. The first-order valence-electron chi connectivity index (χ1n) is 5.29. The van der Waals surface area contributed by atoms with Gasteiger partial charge < -0.3 is 16.2 Å². The number of hydrogen-bond donors (Lipinski definition) is 3. The summed E-state index contributed by atoms with van der Waals surface area (Å²) in [6.07, 6.45) is -0.735. The molecule has 0 saturated heterocycles. The van der Waals surface area contributed by atoms with Crippen LogP contribution in [0, 0.1) is 5.82 Å². The fraction of sp³-hybridized carbons (Fsp3) is 0.417. The number of anilines is 1.